The molecule has 0 atom stereocenters. The summed E-state index contributed by atoms with van der Waals surface area (Å²) in [5.41, 5.74) is 0.380. The third-order valence-electron chi connectivity index (χ3n) is 2.34. The zero-order valence-corrected chi connectivity index (χ0v) is 10.3. The van der Waals surface area contributed by atoms with Gasteiger partial charge in [0, 0.05) is 5.56 Å². The van der Waals surface area contributed by atoms with E-state index in [-0.39, 0.29) is 11.3 Å². The lowest BCUT2D eigenvalue weighted by atomic mass is 10.2. The van der Waals surface area contributed by atoms with E-state index < -0.39 is 24.0 Å². The highest BCUT2D eigenvalue weighted by atomic mass is 19.4. The number of carbonyl (C=O) groups excluding carboxylic acids is 1. The predicted octanol–water partition coefficient (Wildman–Crippen LogP) is 3.37. The van der Waals surface area contributed by atoms with Crippen LogP contribution in [0.1, 0.15) is 10.4 Å². The molecule has 0 fully saturated rings. The van der Waals surface area contributed by atoms with Crippen molar-refractivity contribution in [1.29, 1.82) is 0 Å². The summed E-state index contributed by atoms with van der Waals surface area (Å²) in [5.74, 6) is -1.69. The van der Waals surface area contributed by atoms with Crippen LogP contribution in [0.15, 0.2) is 42.6 Å². The fraction of sp³-hybridized carbons (Fsp3) is 0.0769. The summed E-state index contributed by atoms with van der Waals surface area (Å²) in [7, 11) is 0. The minimum atomic E-state index is -4.79. The van der Waals surface area contributed by atoms with E-state index in [1.807, 2.05) is 0 Å². The Morgan fingerprint density at radius 3 is 2.29 bits per heavy atom. The molecule has 1 heterocycles. The van der Waals surface area contributed by atoms with E-state index >= 15 is 0 Å². The molecule has 0 unspecified atom stereocenters. The maximum absolute atomic E-state index is 12.6. The fourth-order valence-corrected chi connectivity index (χ4v) is 1.46. The molecule has 0 spiro atoms. The lowest BCUT2D eigenvalue weighted by molar-refractivity contribution is -0.274. The molecule has 1 N–H and O–H groups in total. The number of alkyl halides is 3. The molecule has 0 saturated carbocycles. The number of hydrogen-bond acceptors (Lipinski definition) is 3. The summed E-state index contributed by atoms with van der Waals surface area (Å²) >= 11 is 0. The second-order valence-corrected chi connectivity index (χ2v) is 3.90. The molecule has 0 aliphatic carbocycles. The number of anilines is 1. The summed E-state index contributed by atoms with van der Waals surface area (Å²) in [6, 6.07) is 6.76. The first kappa shape index (κ1) is 14.8. The van der Waals surface area contributed by atoms with Crippen LogP contribution in [-0.4, -0.2) is 17.3 Å². The van der Waals surface area contributed by atoms with Gasteiger partial charge in [-0.05, 0) is 36.4 Å². The van der Waals surface area contributed by atoms with Gasteiger partial charge in [0.25, 0.3) is 5.91 Å². The molecule has 0 bridgehead atoms. The van der Waals surface area contributed by atoms with Gasteiger partial charge in [0.05, 0.1) is 11.9 Å². The van der Waals surface area contributed by atoms with Crippen LogP contribution in [0.3, 0.4) is 0 Å². The van der Waals surface area contributed by atoms with Crippen molar-refractivity contribution in [2.45, 2.75) is 6.36 Å². The van der Waals surface area contributed by atoms with Gasteiger partial charge in [-0.3, -0.25) is 4.79 Å². The number of rotatable bonds is 3. The van der Waals surface area contributed by atoms with Gasteiger partial charge < -0.3 is 10.1 Å². The number of ether oxygens (including phenoxy) is 1. The van der Waals surface area contributed by atoms with Crippen molar-refractivity contribution in [2.24, 2.45) is 0 Å². The molecule has 1 aromatic carbocycles. The Kier molecular flexibility index (Phi) is 4.06. The van der Waals surface area contributed by atoms with Gasteiger partial charge in [-0.2, -0.15) is 4.39 Å². The van der Waals surface area contributed by atoms with Crippen molar-refractivity contribution in [3.8, 4) is 5.75 Å². The first-order valence-electron chi connectivity index (χ1n) is 5.62. The third kappa shape index (κ3) is 4.44. The van der Waals surface area contributed by atoms with Crippen LogP contribution in [0, 0.1) is 5.95 Å². The van der Waals surface area contributed by atoms with Crippen molar-refractivity contribution in [3.05, 3.63) is 54.1 Å². The summed E-state index contributed by atoms with van der Waals surface area (Å²) in [5, 5.41) is 2.42. The highest BCUT2D eigenvalue weighted by molar-refractivity contribution is 6.04. The smallest absolute Gasteiger partial charge is 0.406 e. The van der Waals surface area contributed by atoms with Gasteiger partial charge in [-0.15, -0.1) is 13.2 Å². The molecule has 2 rings (SSSR count). The number of nitrogens with one attached hydrogen (secondary N) is 1. The van der Waals surface area contributed by atoms with Gasteiger partial charge in [0.1, 0.15) is 5.75 Å². The second-order valence-electron chi connectivity index (χ2n) is 3.90. The average Bonchev–Trinajstić information content (AvgIpc) is 2.40. The quantitative estimate of drug-likeness (QED) is 0.698. The molecule has 1 amide bonds. The highest BCUT2D eigenvalue weighted by Gasteiger charge is 2.31. The molecule has 0 aliphatic heterocycles. The van der Waals surface area contributed by atoms with E-state index in [2.05, 4.69) is 15.0 Å². The van der Waals surface area contributed by atoms with Crippen molar-refractivity contribution >= 4 is 11.6 Å². The Labute approximate surface area is 116 Å². The molecule has 2 aromatic rings. The van der Waals surface area contributed by atoms with Gasteiger partial charge in [0.15, 0.2) is 0 Å². The van der Waals surface area contributed by atoms with Gasteiger partial charge in [-0.25, -0.2) is 4.98 Å². The molecule has 0 radical (unpaired) electrons. The normalized spacial score (nSPS) is 11.0. The van der Waals surface area contributed by atoms with Crippen molar-refractivity contribution in [2.75, 3.05) is 5.32 Å². The molecule has 110 valence electrons. The molecule has 8 heteroatoms. The van der Waals surface area contributed by atoms with E-state index in [1.165, 1.54) is 18.2 Å². The topological polar surface area (TPSA) is 51.2 Å². The van der Waals surface area contributed by atoms with Gasteiger partial charge >= 0.3 is 6.36 Å². The van der Waals surface area contributed by atoms with Crippen molar-refractivity contribution < 1.29 is 27.1 Å². The summed E-state index contributed by atoms with van der Waals surface area (Å²) < 4.78 is 52.2. The molecule has 0 saturated heterocycles. The monoisotopic (exact) mass is 300 g/mol. The van der Waals surface area contributed by atoms with Crippen LogP contribution in [0.5, 0.6) is 5.75 Å². The average molecular weight is 300 g/mol. The number of aromatic nitrogens is 1. The van der Waals surface area contributed by atoms with E-state index in [0.29, 0.717) is 0 Å². The Hall–Kier alpha value is -2.64. The zero-order valence-electron chi connectivity index (χ0n) is 10.3. The minimum Gasteiger partial charge on any atom is -0.406 e. The SMILES string of the molecule is O=C(Nc1ccc(F)nc1)c1ccc(OC(F)(F)F)cc1. The number of benzene rings is 1. The molecule has 0 aliphatic rings. The first-order valence-corrected chi connectivity index (χ1v) is 5.62. The number of carbonyl (C=O) groups is 1. The lowest BCUT2D eigenvalue weighted by Crippen LogP contribution is -2.17. The van der Waals surface area contributed by atoms with E-state index in [0.717, 1.165) is 24.4 Å². The van der Waals surface area contributed by atoms with E-state index in [4.69, 9.17) is 0 Å². The fourth-order valence-electron chi connectivity index (χ4n) is 1.46. The Balaban J connectivity index is 2.04. The molecular formula is C13H8F4N2O2. The predicted molar refractivity (Wildman–Crippen MR) is 65.3 cm³/mol. The van der Waals surface area contributed by atoms with E-state index in [9.17, 15) is 22.4 Å². The maximum Gasteiger partial charge on any atom is 0.573 e. The zero-order chi connectivity index (χ0) is 15.5. The molecule has 4 nitrogen and oxygen atoms in total. The molecule has 1 aromatic heterocycles. The molecular weight excluding hydrogens is 292 g/mol. The van der Waals surface area contributed by atoms with Crippen LogP contribution in [0.25, 0.3) is 0 Å². The van der Waals surface area contributed by atoms with Crippen LogP contribution >= 0.6 is 0 Å². The van der Waals surface area contributed by atoms with Crippen molar-refractivity contribution in [3.63, 3.8) is 0 Å². The number of amides is 1. The number of hydrogen-bond donors (Lipinski definition) is 1. The first-order chi connectivity index (χ1) is 9.83. The summed E-state index contributed by atoms with van der Waals surface area (Å²) in [6.07, 6.45) is -3.67. The number of pyridine rings is 1. The second kappa shape index (κ2) is 5.78. The standard InChI is InChI=1S/C13H8F4N2O2/c14-11-6-3-9(7-18-11)19-12(20)8-1-4-10(5-2-8)21-13(15,16)17/h1-7H,(H,19,20). The minimum absolute atomic E-state index is 0.119. The van der Waals surface area contributed by atoms with Crippen LogP contribution in [0.2, 0.25) is 0 Å². The van der Waals surface area contributed by atoms with Crippen LogP contribution in [0.4, 0.5) is 23.2 Å². The Morgan fingerprint density at radius 1 is 1.10 bits per heavy atom. The Morgan fingerprint density at radius 2 is 1.76 bits per heavy atom. The Bertz CT molecular complexity index is 624. The number of nitrogens with zero attached hydrogens (tertiary/aromatic N) is 1. The summed E-state index contributed by atoms with van der Waals surface area (Å²) in [4.78, 5) is 15.2. The number of halogens is 4. The van der Waals surface area contributed by atoms with Gasteiger partial charge in [-0.1, -0.05) is 0 Å². The van der Waals surface area contributed by atoms with E-state index in [1.54, 1.807) is 0 Å². The largest absolute Gasteiger partial charge is 0.573 e. The van der Waals surface area contributed by atoms with Gasteiger partial charge in [0.2, 0.25) is 5.95 Å². The van der Waals surface area contributed by atoms with Crippen LogP contribution < -0.4 is 10.1 Å². The third-order valence-corrected chi connectivity index (χ3v) is 2.34. The molecule has 21 heavy (non-hydrogen) atoms. The lowest BCUT2D eigenvalue weighted by Gasteiger charge is -2.09. The summed E-state index contributed by atoms with van der Waals surface area (Å²) in [6.45, 7) is 0. The van der Waals surface area contributed by atoms with Crippen LogP contribution in [-0.2, 0) is 0 Å². The maximum atomic E-state index is 12.6. The highest BCUT2D eigenvalue weighted by Crippen LogP contribution is 2.23. The van der Waals surface area contributed by atoms with Crippen molar-refractivity contribution in [1.82, 2.24) is 4.98 Å².